The largest absolute Gasteiger partial charge is 1.00 e. The summed E-state index contributed by atoms with van der Waals surface area (Å²) in [6.07, 6.45) is 6.88. The van der Waals surface area contributed by atoms with Gasteiger partial charge in [-0.15, -0.1) is 0 Å². The normalized spacial score (nSPS) is 9.69. The quantitative estimate of drug-likeness (QED) is 0.618. The zero-order chi connectivity index (χ0) is 11.1. The Balaban J connectivity index is 0.00000225. The van der Waals surface area contributed by atoms with Crippen LogP contribution in [0, 0.1) is 0 Å². The van der Waals surface area contributed by atoms with Crippen molar-refractivity contribution in [1.82, 2.24) is 0 Å². The van der Waals surface area contributed by atoms with Crippen molar-refractivity contribution in [3.05, 3.63) is 24.5 Å². The topological polar surface area (TPSA) is 7.12 Å². The van der Waals surface area contributed by atoms with Gasteiger partial charge in [-0.25, -0.2) is 4.57 Å². The van der Waals surface area contributed by atoms with Crippen molar-refractivity contribution in [2.45, 2.75) is 40.2 Å². The van der Waals surface area contributed by atoms with E-state index in [9.17, 15) is 0 Å². The molecule has 1 aromatic heterocycles. The molecule has 3 heteroatoms. The summed E-state index contributed by atoms with van der Waals surface area (Å²) >= 11 is 0. The summed E-state index contributed by atoms with van der Waals surface area (Å²) < 4.78 is 2.26. The van der Waals surface area contributed by atoms with E-state index in [2.05, 4.69) is 54.8 Å². The van der Waals surface area contributed by atoms with E-state index in [0.29, 0.717) is 0 Å². The lowest BCUT2D eigenvalue weighted by Gasteiger charge is -2.19. The van der Waals surface area contributed by atoms with E-state index in [1.807, 2.05) is 0 Å². The number of unbranched alkanes of at least 4 members (excludes halogenated alkanes) is 1. The zero-order valence-corrected chi connectivity index (χ0v) is 11.4. The first-order valence-corrected chi connectivity index (χ1v) is 6.05. The number of halogens is 1. The van der Waals surface area contributed by atoms with Crippen LogP contribution >= 0.6 is 0 Å². The molecule has 16 heavy (non-hydrogen) atoms. The van der Waals surface area contributed by atoms with Gasteiger partial charge in [0, 0.05) is 37.3 Å². The van der Waals surface area contributed by atoms with Crippen LogP contribution in [0.5, 0.6) is 0 Å². The van der Waals surface area contributed by atoms with Crippen LogP contribution in [0.2, 0.25) is 0 Å². The van der Waals surface area contributed by atoms with Gasteiger partial charge in [0.15, 0.2) is 12.4 Å². The monoisotopic (exact) mass is 242 g/mol. The molecule has 0 aromatic carbocycles. The summed E-state index contributed by atoms with van der Waals surface area (Å²) in [4.78, 5) is 2.37. The number of hydrogen-bond donors (Lipinski definition) is 0. The molecule has 1 aromatic rings. The van der Waals surface area contributed by atoms with Gasteiger partial charge >= 0.3 is 0 Å². The first kappa shape index (κ1) is 15.2. The molecule has 92 valence electrons. The Labute approximate surface area is 106 Å². The number of rotatable bonds is 6. The second-order valence-corrected chi connectivity index (χ2v) is 3.82. The minimum Gasteiger partial charge on any atom is -1.00 e. The molecule has 0 saturated heterocycles. The molecule has 1 heterocycles. The van der Waals surface area contributed by atoms with Crippen molar-refractivity contribution in [3.63, 3.8) is 0 Å². The fourth-order valence-corrected chi connectivity index (χ4v) is 1.74. The fraction of sp³-hybridized carbons (Fsp3) is 0.615. The predicted octanol–water partition coefficient (Wildman–Crippen LogP) is -0.376. The van der Waals surface area contributed by atoms with Gasteiger partial charge in [0.1, 0.15) is 6.54 Å². The number of aryl methyl sites for hydroxylation is 1. The molecule has 0 aliphatic carbocycles. The van der Waals surface area contributed by atoms with E-state index in [1.165, 1.54) is 18.5 Å². The van der Waals surface area contributed by atoms with Crippen molar-refractivity contribution >= 4 is 5.69 Å². The first-order valence-electron chi connectivity index (χ1n) is 6.05. The number of pyridine rings is 1. The maximum Gasteiger partial charge on any atom is 0.170 e. The lowest BCUT2D eigenvalue weighted by atomic mass is 10.3. The summed E-state index contributed by atoms with van der Waals surface area (Å²) in [6.45, 7) is 9.91. The highest BCUT2D eigenvalue weighted by atomic mass is 35.5. The van der Waals surface area contributed by atoms with E-state index in [0.717, 1.165) is 19.6 Å². The van der Waals surface area contributed by atoms with Crippen LogP contribution in [0.15, 0.2) is 24.5 Å². The molecule has 0 atom stereocenters. The van der Waals surface area contributed by atoms with Crippen LogP contribution in [0.25, 0.3) is 0 Å². The molecule has 0 fully saturated rings. The zero-order valence-electron chi connectivity index (χ0n) is 10.6. The number of aromatic nitrogens is 1. The van der Waals surface area contributed by atoms with Crippen molar-refractivity contribution in [1.29, 1.82) is 0 Å². The van der Waals surface area contributed by atoms with Crippen LogP contribution in [-0.4, -0.2) is 13.1 Å². The van der Waals surface area contributed by atoms with Gasteiger partial charge in [0.2, 0.25) is 0 Å². The summed E-state index contributed by atoms with van der Waals surface area (Å²) in [6, 6.07) is 4.42. The van der Waals surface area contributed by atoms with Crippen LogP contribution in [0.4, 0.5) is 5.69 Å². The van der Waals surface area contributed by atoms with Gasteiger partial charge in [0.05, 0.1) is 0 Å². The minimum absolute atomic E-state index is 0. The molecule has 2 nitrogen and oxygen atoms in total. The second-order valence-electron chi connectivity index (χ2n) is 3.82. The van der Waals surface area contributed by atoms with Gasteiger partial charge in [-0.3, -0.25) is 0 Å². The number of nitrogens with zero attached hydrogens (tertiary/aromatic N) is 2. The summed E-state index contributed by atoms with van der Waals surface area (Å²) in [5.74, 6) is 0. The molecule has 0 aliphatic heterocycles. The number of anilines is 1. The van der Waals surface area contributed by atoms with Gasteiger partial charge < -0.3 is 17.3 Å². The van der Waals surface area contributed by atoms with Crippen molar-refractivity contribution in [2.24, 2.45) is 0 Å². The van der Waals surface area contributed by atoms with E-state index >= 15 is 0 Å². The molecule has 1 rings (SSSR count). The van der Waals surface area contributed by atoms with Crippen molar-refractivity contribution in [3.8, 4) is 0 Å². The molecule has 0 aliphatic rings. The Bertz CT molecular complexity index is 268. The van der Waals surface area contributed by atoms with Gasteiger partial charge in [0.25, 0.3) is 0 Å². The second kappa shape index (κ2) is 8.40. The summed E-state index contributed by atoms with van der Waals surface area (Å²) in [5.41, 5.74) is 1.33. The molecule has 0 amide bonds. The Morgan fingerprint density at radius 1 is 1.06 bits per heavy atom. The first-order chi connectivity index (χ1) is 7.31. The molecule has 0 spiro atoms. The summed E-state index contributed by atoms with van der Waals surface area (Å²) in [7, 11) is 0. The van der Waals surface area contributed by atoms with E-state index < -0.39 is 0 Å². The van der Waals surface area contributed by atoms with E-state index in [1.54, 1.807) is 0 Å². The molecular formula is C13H23ClN2. The Kier molecular flexibility index (Phi) is 8.00. The summed E-state index contributed by atoms with van der Waals surface area (Å²) in [5, 5.41) is 0. The van der Waals surface area contributed by atoms with Gasteiger partial charge in [-0.05, 0) is 13.8 Å². The average Bonchev–Trinajstić information content (AvgIpc) is 2.29. The maximum atomic E-state index is 2.37. The molecular weight excluding hydrogens is 220 g/mol. The Morgan fingerprint density at radius 3 is 2.06 bits per heavy atom. The minimum atomic E-state index is 0. The number of hydrogen-bond acceptors (Lipinski definition) is 1. The lowest BCUT2D eigenvalue weighted by Crippen LogP contribution is -3.00. The van der Waals surface area contributed by atoms with Crippen LogP contribution in [0.3, 0.4) is 0 Å². The third kappa shape index (κ3) is 4.40. The highest BCUT2D eigenvalue weighted by molar-refractivity contribution is 5.43. The van der Waals surface area contributed by atoms with Crippen molar-refractivity contribution in [2.75, 3.05) is 18.0 Å². The molecule has 0 bridgehead atoms. The Morgan fingerprint density at radius 2 is 1.62 bits per heavy atom. The van der Waals surface area contributed by atoms with Crippen LogP contribution in [0.1, 0.15) is 33.6 Å². The van der Waals surface area contributed by atoms with E-state index in [-0.39, 0.29) is 12.4 Å². The fourth-order valence-electron chi connectivity index (χ4n) is 1.74. The third-order valence-corrected chi connectivity index (χ3v) is 2.77. The highest BCUT2D eigenvalue weighted by Crippen LogP contribution is 2.10. The van der Waals surface area contributed by atoms with Gasteiger partial charge in [-0.1, -0.05) is 13.3 Å². The molecule has 0 saturated carbocycles. The highest BCUT2D eigenvalue weighted by Gasteiger charge is 2.04. The SMILES string of the molecule is CCCC[n+]1ccc(N(CC)CC)cc1.[Cl-]. The van der Waals surface area contributed by atoms with E-state index in [4.69, 9.17) is 0 Å². The lowest BCUT2D eigenvalue weighted by molar-refractivity contribution is -0.697. The maximum absolute atomic E-state index is 2.37. The average molecular weight is 243 g/mol. The molecule has 0 radical (unpaired) electrons. The molecule has 0 unspecified atom stereocenters. The van der Waals surface area contributed by atoms with Crippen molar-refractivity contribution < 1.29 is 17.0 Å². The Hall–Kier alpha value is -0.760. The van der Waals surface area contributed by atoms with Crippen LogP contribution in [-0.2, 0) is 6.54 Å². The smallest absolute Gasteiger partial charge is 0.170 e. The van der Waals surface area contributed by atoms with Gasteiger partial charge in [-0.2, -0.15) is 0 Å². The predicted molar refractivity (Wildman–Crippen MR) is 65.1 cm³/mol. The van der Waals surface area contributed by atoms with Crippen LogP contribution < -0.4 is 21.9 Å². The molecule has 0 N–H and O–H groups in total. The third-order valence-electron chi connectivity index (χ3n) is 2.77. The standard InChI is InChI=1S/C13H23N2.ClH/c1-4-7-10-14-11-8-13(9-12-14)15(5-2)6-3;/h8-9,11-12H,4-7,10H2,1-3H3;1H/q+1;/p-1.